The van der Waals surface area contributed by atoms with Crippen LogP contribution >= 0.6 is 23.4 Å². The fraction of sp³-hybridized carbons (Fsp3) is 0.107. The molecule has 0 unspecified atom stereocenters. The number of aromatic nitrogens is 1. The van der Waals surface area contributed by atoms with E-state index >= 15 is 0 Å². The van der Waals surface area contributed by atoms with Gasteiger partial charge in [-0.1, -0.05) is 59.8 Å². The highest BCUT2D eigenvalue weighted by Crippen LogP contribution is 2.34. The van der Waals surface area contributed by atoms with Gasteiger partial charge in [0.1, 0.15) is 16.8 Å². The van der Waals surface area contributed by atoms with Crippen LogP contribution in [0.1, 0.15) is 11.1 Å². The smallest absolute Gasteiger partial charge is 0.234 e. The van der Waals surface area contributed by atoms with Crippen molar-refractivity contribution in [2.75, 3.05) is 18.2 Å². The lowest BCUT2D eigenvalue weighted by atomic mass is 9.99. The third-order valence-electron chi connectivity index (χ3n) is 5.45. The first-order valence-corrected chi connectivity index (χ1v) is 12.2. The molecular weight excluding hydrogens is 478 g/mol. The van der Waals surface area contributed by atoms with Crippen molar-refractivity contribution in [1.82, 2.24) is 4.98 Å². The van der Waals surface area contributed by atoms with Gasteiger partial charge in [-0.05, 0) is 60.5 Å². The predicted molar refractivity (Wildman–Crippen MR) is 142 cm³/mol. The van der Waals surface area contributed by atoms with E-state index in [1.165, 1.54) is 11.8 Å². The van der Waals surface area contributed by atoms with Gasteiger partial charge in [0.05, 0.1) is 24.1 Å². The summed E-state index contributed by atoms with van der Waals surface area (Å²) >= 11 is 7.40. The highest BCUT2D eigenvalue weighted by Gasteiger charge is 2.17. The number of pyridine rings is 1. The Bertz CT molecular complexity index is 1400. The van der Waals surface area contributed by atoms with Crippen molar-refractivity contribution in [2.45, 2.75) is 11.9 Å². The second-order valence-corrected chi connectivity index (χ2v) is 9.06. The topological polar surface area (TPSA) is 75.0 Å². The van der Waals surface area contributed by atoms with E-state index in [2.05, 4.69) is 11.4 Å². The van der Waals surface area contributed by atoms with Crippen LogP contribution in [0.25, 0.3) is 22.4 Å². The quantitative estimate of drug-likeness (QED) is 0.277. The van der Waals surface area contributed by atoms with Crippen molar-refractivity contribution in [3.8, 4) is 34.2 Å². The van der Waals surface area contributed by atoms with Crippen LogP contribution in [0.3, 0.4) is 0 Å². The Morgan fingerprint density at radius 2 is 1.80 bits per heavy atom. The van der Waals surface area contributed by atoms with E-state index in [0.717, 1.165) is 28.0 Å². The van der Waals surface area contributed by atoms with Crippen LogP contribution in [0.5, 0.6) is 5.75 Å². The molecule has 174 valence electrons. The molecule has 7 heteroatoms. The SMILES string of the molecule is COc1ccc(-c2cc(-c3ccccc3)c(C#N)c(SCC(=O)Nc3cccc(Cl)c3C)n2)cc1. The van der Waals surface area contributed by atoms with Gasteiger partial charge in [0.25, 0.3) is 0 Å². The standard InChI is InChI=1S/C28H22ClN3O2S/c1-18-24(29)9-6-10-25(18)31-27(33)17-35-28-23(16-30)22(19-7-4-3-5-8-19)15-26(32-28)20-11-13-21(34-2)14-12-20/h3-15H,17H2,1-2H3,(H,31,33). The minimum Gasteiger partial charge on any atom is -0.497 e. The summed E-state index contributed by atoms with van der Waals surface area (Å²) in [5.41, 5.74) is 5.16. The summed E-state index contributed by atoms with van der Waals surface area (Å²) in [4.78, 5) is 17.5. The van der Waals surface area contributed by atoms with Gasteiger partial charge in [-0.15, -0.1) is 0 Å². The maximum absolute atomic E-state index is 12.7. The minimum atomic E-state index is -0.206. The lowest BCUT2D eigenvalue weighted by molar-refractivity contribution is -0.113. The van der Waals surface area contributed by atoms with Crippen LogP contribution in [0.4, 0.5) is 5.69 Å². The Kier molecular flexibility index (Phi) is 7.71. The first-order valence-electron chi connectivity index (χ1n) is 10.8. The van der Waals surface area contributed by atoms with E-state index in [0.29, 0.717) is 27.0 Å². The number of benzene rings is 3. The van der Waals surface area contributed by atoms with Crippen LogP contribution in [0.15, 0.2) is 83.9 Å². The van der Waals surface area contributed by atoms with Gasteiger partial charge in [0, 0.05) is 21.8 Å². The molecule has 0 saturated heterocycles. The number of carbonyl (C=O) groups excluding carboxylic acids is 1. The molecule has 0 aliphatic carbocycles. The molecule has 0 atom stereocenters. The number of halogens is 1. The zero-order valence-electron chi connectivity index (χ0n) is 19.2. The first-order chi connectivity index (χ1) is 17.0. The second kappa shape index (κ2) is 11.1. The summed E-state index contributed by atoms with van der Waals surface area (Å²) in [6.45, 7) is 1.85. The Hall–Kier alpha value is -3.79. The van der Waals surface area contributed by atoms with E-state index in [9.17, 15) is 10.1 Å². The van der Waals surface area contributed by atoms with E-state index in [1.807, 2.05) is 67.6 Å². The normalized spacial score (nSPS) is 10.5. The fourth-order valence-corrected chi connectivity index (χ4v) is 4.53. The molecule has 0 aliphatic rings. The number of hydrogen-bond acceptors (Lipinski definition) is 5. The average molecular weight is 500 g/mol. The van der Waals surface area contributed by atoms with Crippen molar-refractivity contribution in [3.05, 3.63) is 95.0 Å². The summed E-state index contributed by atoms with van der Waals surface area (Å²) in [6.07, 6.45) is 0. The van der Waals surface area contributed by atoms with E-state index in [4.69, 9.17) is 21.3 Å². The number of methoxy groups -OCH3 is 1. The minimum absolute atomic E-state index is 0.0912. The molecule has 0 fully saturated rings. The molecule has 0 saturated carbocycles. The van der Waals surface area contributed by atoms with Gasteiger partial charge < -0.3 is 10.1 Å². The number of nitrogens with zero attached hydrogens (tertiary/aromatic N) is 2. The number of thioether (sulfide) groups is 1. The van der Waals surface area contributed by atoms with Crippen LogP contribution in [-0.4, -0.2) is 23.8 Å². The van der Waals surface area contributed by atoms with Gasteiger partial charge in [-0.2, -0.15) is 5.26 Å². The summed E-state index contributed by atoms with van der Waals surface area (Å²) < 4.78 is 5.27. The highest BCUT2D eigenvalue weighted by molar-refractivity contribution is 8.00. The predicted octanol–water partition coefficient (Wildman–Crippen LogP) is 6.99. The number of nitrogens with one attached hydrogen (secondary N) is 1. The zero-order valence-corrected chi connectivity index (χ0v) is 20.8. The maximum atomic E-state index is 12.7. The highest BCUT2D eigenvalue weighted by atomic mass is 35.5. The van der Waals surface area contributed by atoms with Gasteiger partial charge in [0.15, 0.2) is 0 Å². The van der Waals surface area contributed by atoms with E-state index < -0.39 is 0 Å². The summed E-state index contributed by atoms with van der Waals surface area (Å²) in [6, 6.07) is 26.9. The maximum Gasteiger partial charge on any atom is 0.234 e. The van der Waals surface area contributed by atoms with Gasteiger partial charge >= 0.3 is 0 Å². The molecule has 0 spiro atoms. The lowest BCUT2D eigenvalue weighted by Gasteiger charge is -2.13. The fourth-order valence-electron chi connectivity index (χ4n) is 3.55. The molecule has 0 radical (unpaired) electrons. The average Bonchev–Trinajstić information content (AvgIpc) is 2.90. The number of carbonyl (C=O) groups is 1. The number of hydrogen-bond donors (Lipinski definition) is 1. The van der Waals surface area contributed by atoms with Crippen molar-refractivity contribution in [2.24, 2.45) is 0 Å². The van der Waals surface area contributed by atoms with Crippen molar-refractivity contribution in [1.29, 1.82) is 5.26 Å². The largest absolute Gasteiger partial charge is 0.497 e. The van der Waals surface area contributed by atoms with Crippen molar-refractivity contribution >= 4 is 35.0 Å². The lowest BCUT2D eigenvalue weighted by Crippen LogP contribution is -2.15. The number of anilines is 1. The Labute approximate surface area is 213 Å². The third-order valence-corrected chi connectivity index (χ3v) is 6.84. The zero-order chi connectivity index (χ0) is 24.8. The monoisotopic (exact) mass is 499 g/mol. The molecule has 4 rings (SSSR count). The number of rotatable bonds is 7. The van der Waals surface area contributed by atoms with Crippen molar-refractivity contribution < 1.29 is 9.53 Å². The Morgan fingerprint density at radius 3 is 2.49 bits per heavy atom. The molecule has 1 aromatic heterocycles. The molecule has 1 heterocycles. The van der Waals surface area contributed by atoms with Gasteiger partial charge in [-0.25, -0.2) is 4.98 Å². The third kappa shape index (κ3) is 5.65. The van der Waals surface area contributed by atoms with E-state index in [1.54, 1.807) is 25.3 Å². The van der Waals surface area contributed by atoms with Crippen LogP contribution in [0, 0.1) is 18.3 Å². The van der Waals surface area contributed by atoms with Gasteiger partial charge in [0.2, 0.25) is 5.91 Å². The van der Waals surface area contributed by atoms with Crippen molar-refractivity contribution in [3.63, 3.8) is 0 Å². The Balaban J connectivity index is 1.68. The molecule has 0 aliphatic heterocycles. The van der Waals surface area contributed by atoms with Crippen LogP contribution in [-0.2, 0) is 4.79 Å². The summed E-state index contributed by atoms with van der Waals surface area (Å²) in [5, 5.41) is 14.0. The number of amides is 1. The molecule has 4 aromatic rings. The molecule has 3 aromatic carbocycles. The van der Waals surface area contributed by atoms with Crippen LogP contribution in [0.2, 0.25) is 5.02 Å². The molecule has 35 heavy (non-hydrogen) atoms. The second-order valence-electron chi connectivity index (χ2n) is 7.69. The summed E-state index contributed by atoms with van der Waals surface area (Å²) in [7, 11) is 1.62. The van der Waals surface area contributed by atoms with E-state index in [-0.39, 0.29) is 11.7 Å². The first kappa shape index (κ1) is 24.3. The molecular formula is C28H22ClN3O2S. The molecule has 0 bridgehead atoms. The summed E-state index contributed by atoms with van der Waals surface area (Å²) in [5.74, 6) is 0.629. The molecule has 1 N–H and O–H groups in total. The number of ether oxygens (including phenoxy) is 1. The number of nitriles is 1. The molecule has 1 amide bonds. The Morgan fingerprint density at radius 1 is 1.06 bits per heavy atom. The molecule has 5 nitrogen and oxygen atoms in total. The van der Waals surface area contributed by atoms with Gasteiger partial charge in [-0.3, -0.25) is 4.79 Å². The van der Waals surface area contributed by atoms with Crippen LogP contribution < -0.4 is 10.1 Å².